The van der Waals surface area contributed by atoms with Crippen LogP contribution < -0.4 is 4.74 Å². The summed E-state index contributed by atoms with van der Waals surface area (Å²) in [5, 5.41) is 0.228. The predicted octanol–water partition coefficient (Wildman–Crippen LogP) is 1.56. The lowest BCUT2D eigenvalue weighted by atomic mass is 9.67. The standard InChI is InChI=1S/C10H15BO/c1-10(2,11)8-4-6-9(12-3)7-5-8/h4-7H,11H2,1-3H3. The maximum atomic E-state index is 5.08. The largest absolute Gasteiger partial charge is 0.497 e. The molecule has 0 unspecified atom stereocenters. The van der Waals surface area contributed by atoms with Gasteiger partial charge in [0.2, 0.25) is 0 Å². The Bertz CT molecular complexity index is 246. The minimum absolute atomic E-state index is 0.228. The average Bonchev–Trinajstić information content (AvgIpc) is 2.03. The summed E-state index contributed by atoms with van der Waals surface area (Å²) in [6.45, 7) is 4.41. The van der Waals surface area contributed by atoms with Crippen molar-refractivity contribution in [2.24, 2.45) is 0 Å². The second-order valence-electron chi connectivity index (χ2n) is 3.98. The van der Waals surface area contributed by atoms with Crippen LogP contribution in [0.2, 0.25) is 0 Å². The van der Waals surface area contributed by atoms with Crippen molar-refractivity contribution in [2.45, 2.75) is 19.2 Å². The Kier molecular flexibility index (Phi) is 2.46. The molecule has 1 aromatic carbocycles. The topological polar surface area (TPSA) is 9.23 Å². The number of methoxy groups -OCH3 is 1. The fourth-order valence-electron chi connectivity index (χ4n) is 1.09. The van der Waals surface area contributed by atoms with E-state index in [0.29, 0.717) is 0 Å². The van der Waals surface area contributed by atoms with E-state index in [4.69, 9.17) is 4.74 Å². The summed E-state index contributed by atoms with van der Waals surface area (Å²) in [4.78, 5) is 0. The van der Waals surface area contributed by atoms with Crippen molar-refractivity contribution in [3.8, 4) is 5.75 Å². The van der Waals surface area contributed by atoms with Crippen LogP contribution in [0.25, 0.3) is 0 Å². The summed E-state index contributed by atoms with van der Waals surface area (Å²) in [6, 6.07) is 8.22. The van der Waals surface area contributed by atoms with Gasteiger partial charge in [-0.1, -0.05) is 31.5 Å². The zero-order valence-electron chi connectivity index (χ0n) is 8.22. The zero-order chi connectivity index (χ0) is 9.19. The molecule has 0 atom stereocenters. The van der Waals surface area contributed by atoms with E-state index in [-0.39, 0.29) is 5.31 Å². The summed E-state index contributed by atoms with van der Waals surface area (Å²) in [5.74, 6) is 0.919. The van der Waals surface area contributed by atoms with Crippen molar-refractivity contribution in [3.63, 3.8) is 0 Å². The zero-order valence-corrected chi connectivity index (χ0v) is 8.22. The van der Waals surface area contributed by atoms with Crippen LogP contribution in [-0.4, -0.2) is 15.0 Å². The molecule has 0 amide bonds. The van der Waals surface area contributed by atoms with Crippen molar-refractivity contribution in [1.29, 1.82) is 0 Å². The van der Waals surface area contributed by atoms with Crippen molar-refractivity contribution in [3.05, 3.63) is 29.8 Å². The molecule has 1 nitrogen and oxygen atoms in total. The first-order valence-electron chi connectivity index (χ1n) is 4.18. The molecule has 0 aliphatic carbocycles. The Morgan fingerprint density at radius 1 is 1.17 bits per heavy atom. The maximum Gasteiger partial charge on any atom is 0.118 e. The van der Waals surface area contributed by atoms with E-state index >= 15 is 0 Å². The summed E-state index contributed by atoms with van der Waals surface area (Å²) in [5.41, 5.74) is 1.34. The minimum Gasteiger partial charge on any atom is -0.497 e. The fourth-order valence-corrected chi connectivity index (χ4v) is 1.09. The highest BCUT2D eigenvalue weighted by Gasteiger charge is 2.12. The second kappa shape index (κ2) is 3.22. The highest BCUT2D eigenvalue weighted by Crippen LogP contribution is 2.21. The Labute approximate surface area is 75.2 Å². The molecule has 0 heterocycles. The van der Waals surface area contributed by atoms with Crippen LogP contribution in [0.5, 0.6) is 5.75 Å². The van der Waals surface area contributed by atoms with E-state index in [1.165, 1.54) is 5.56 Å². The Balaban J connectivity index is 2.93. The van der Waals surface area contributed by atoms with Gasteiger partial charge in [0.15, 0.2) is 0 Å². The van der Waals surface area contributed by atoms with Gasteiger partial charge in [-0.2, -0.15) is 0 Å². The van der Waals surface area contributed by atoms with Crippen molar-refractivity contribution in [2.75, 3.05) is 7.11 Å². The van der Waals surface area contributed by atoms with Crippen LogP contribution >= 0.6 is 0 Å². The fraction of sp³-hybridized carbons (Fsp3) is 0.400. The van der Waals surface area contributed by atoms with Gasteiger partial charge in [-0.05, 0) is 17.4 Å². The Morgan fingerprint density at radius 2 is 1.67 bits per heavy atom. The molecule has 0 fully saturated rings. The van der Waals surface area contributed by atoms with Crippen LogP contribution in [0.1, 0.15) is 19.4 Å². The van der Waals surface area contributed by atoms with Crippen molar-refractivity contribution >= 4 is 7.85 Å². The van der Waals surface area contributed by atoms with E-state index in [2.05, 4.69) is 33.8 Å². The molecule has 0 saturated carbocycles. The second-order valence-corrected chi connectivity index (χ2v) is 3.98. The molecule has 64 valence electrons. The molecule has 1 aromatic rings. The quantitative estimate of drug-likeness (QED) is 0.599. The third kappa shape index (κ3) is 2.03. The number of hydrogen-bond donors (Lipinski definition) is 0. The molecule has 0 spiro atoms. The molecule has 0 N–H and O–H groups in total. The van der Waals surface area contributed by atoms with E-state index in [1.807, 2.05) is 12.1 Å². The van der Waals surface area contributed by atoms with Crippen molar-refractivity contribution in [1.82, 2.24) is 0 Å². The van der Waals surface area contributed by atoms with Crippen LogP contribution in [0.15, 0.2) is 24.3 Å². The number of ether oxygens (including phenoxy) is 1. The molecule has 2 heteroatoms. The average molecular weight is 162 g/mol. The van der Waals surface area contributed by atoms with E-state index in [9.17, 15) is 0 Å². The molecular formula is C10H15BO. The maximum absolute atomic E-state index is 5.08. The molecule has 12 heavy (non-hydrogen) atoms. The van der Waals surface area contributed by atoms with Crippen LogP contribution in [0.3, 0.4) is 0 Å². The molecule has 0 bridgehead atoms. The number of rotatable bonds is 2. The lowest BCUT2D eigenvalue weighted by Gasteiger charge is -2.18. The van der Waals surface area contributed by atoms with Crippen molar-refractivity contribution < 1.29 is 4.74 Å². The summed E-state index contributed by atoms with van der Waals surface area (Å²) in [7, 11) is 3.89. The van der Waals surface area contributed by atoms with Gasteiger partial charge in [0.25, 0.3) is 0 Å². The molecule has 0 aliphatic rings. The highest BCUT2D eigenvalue weighted by atomic mass is 16.5. The molecule has 0 saturated heterocycles. The molecule has 0 aromatic heterocycles. The Hall–Kier alpha value is -0.915. The summed E-state index contributed by atoms with van der Waals surface area (Å²) < 4.78 is 5.08. The molecule has 0 radical (unpaired) electrons. The third-order valence-electron chi connectivity index (χ3n) is 1.96. The number of benzene rings is 1. The van der Waals surface area contributed by atoms with Gasteiger partial charge in [-0.25, -0.2) is 0 Å². The lowest BCUT2D eigenvalue weighted by Crippen LogP contribution is -2.16. The van der Waals surface area contributed by atoms with Gasteiger partial charge in [-0.3, -0.25) is 0 Å². The van der Waals surface area contributed by atoms with Gasteiger partial charge in [0, 0.05) is 0 Å². The third-order valence-corrected chi connectivity index (χ3v) is 1.96. The van der Waals surface area contributed by atoms with Crippen LogP contribution in [0.4, 0.5) is 0 Å². The normalized spacial score (nSPS) is 11.2. The predicted molar refractivity (Wildman–Crippen MR) is 54.6 cm³/mol. The Morgan fingerprint density at radius 3 is 2.00 bits per heavy atom. The summed E-state index contributed by atoms with van der Waals surface area (Å²) in [6.07, 6.45) is 0. The SMILES string of the molecule is BC(C)(C)c1ccc(OC)cc1. The first-order valence-corrected chi connectivity index (χ1v) is 4.18. The highest BCUT2D eigenvalue weighted by molar-refractivity contribution is 6.15. The lowest BCUT2D eigenvalue weighted by molar-refractivity contribution is 0.414. The van der Waals surface area contributed by atoms with Gasteiger partial charge in [0.05, 0.1) is 7.11 Å². The molecular weight excluding hydrogens is 147 g/mol. The summed E-state index contributed by atoms with van der Waals surface area (Å²) >= 11 is 0. The van der Waals surface area contributed by atoms with Gasteiger partial charge in [0.1, 0.15) is 13.6 Å². The molecule has 1 rings (SSSR count). The first-order chi connectivity index (χ1) is 5.54. The van der Waals surface area contributed by atoms with E-state index < -0.39 is 0 Å². The molecule has 0 aliphatic heterocycles. The smallest absolute Gasteiger partial charge is 0.118 e. The van der Waals surface area contributed by atoms with E-state index in [1.54, 1.807) is 7.11 Å². The monoisotopic (exact) mass is 162 g/mol. The van der Waals surface area contributed by atoms with Gasteiger partial charge < -0.3 is 4.74 Å². The van der Waals surface area contributed by atoms with Gasteiger partial charge in [-0.15, -0.1) is 0 Å². The first kappa shape index (κ1) is 9.18. The van der Waals surface area contributed by atoms with Crippen LogP contribution in [0, 0.1) is 0 Å². The number of hydrogen-bond acceptors (Lipinski definition) is 1. The van der Waals surface area contributed by atoms with E-state index in [0.717, 1.165) is 5.75 Å². The van der Waals surface area contributed by atoms with Crippen LogP contribution in [-0.2, 0) is 5.31 Å². The minimum atomic E-state index is 0.228. The van der Waals surface area contributed by atoms with Gasteiger partial charge >= 0.3 is 0 Å².